The highest BCUT2D eigenvalue weighted by Gasteiger charge is 2.27. The van der Waals surface area contributed by atoms with Gasteiger partial charge >= 0.3 is 0 Å². The summed E-state index contributed by atoms with van der Waals surface area (Å²) < 4.78 is 33.8. The van der Waals surface area contributed by atoms with E-state index in [2.05, 4.69) is 10.0 Å². The van der Waals surface area contributed by atoms with Crippen LogP contribution in [0.15, 0.2) is 71.6 Å². The minimum atomic E-state index is -4.03. The van der Waals surface area contributed by atoms with Gasteiger partial charge in [-0.15, -0.1) is 0 Å². The molecule has 32 heavy (non-hydrogen) atoms. The van der Waals surface area contributed by atoms with E-state index in [1.807, 2.05) is 56.3 Å². The number of amides is 1. The Labute approximate surface area is 193 Å². The molecule has 0 fully saturated rings. The minimum absolute atomic E-state index is 0.0547. The number of benzene rings is 3. The van der Waals surface area contributed by atoms with Gasteiger partial charge in [-0.2, -0.15) is 4.72 Å². The zero-order chi connectivity index (χ0) is 23.3. The van der Waals surface area contributed by atoms with E-state index in [0.29, 0.717) is 11.4 Å². The maximum Gasteiger partial charge on any atom is 0.242 e. The molecule has 1 atom stereocenters. The van der Waals surface area contributed by atoms with Crippen LogP contribution in [0.4, 0.5) is 5.69 Å². The Hall–Kier alpha value is -2.87. The Morgan fingerprint density at radius 3 is 2.41 bits per heavy atom. The standard InChI is InChI=1S/C24H25ClN2O4S/c1-16-8-7-11-21(17(16)2)26-24(28)22(14-18-9-5-4-6-10-18)27-32(29,30)19-12-13-23(31-3)20(25)15-19/h4-13,15,22,27H,14H2,1-3H3,(H,26,28)/t22-/m0/s1. The second-order valence-corrected chi connectivity index (χ2v) is 9.52. The van der Waals surface area contributed by atoms with Crippen LogP contribution in [-0.4, -0.2) is 27.5 Å². The van der Waals surface area contributed by atoms with Crippen LogP contribution in [0.25, 0.3) is 0 Å². The molecule has 2 N–H and O–H groups in total. The predicted octanol–water partition coefficient (Wildman–Crippen LogP) is 4.49. The van der Waals surface area contributed by atoms with Crippen LogP contribution >= 0.6 is 11.6 Å². The monoisotopic (exact) mass is 472 g/mol. The Balaban J connectivity index is 1.90. The summed E-state index contributed by atoms with van der Waals surface area (Å²) in [6, 6.07) is 17.9. The number of halogens is 1. The van der Waals surface area contributed by atoms with Crippen molar-refractivity contribution < 1.29 is 17.9 Å². The highest BCUT2D eigenvalue weighted by atomic mass is 35.5. The molecule has 0 aliphatic rings. The van der Waals surface area contributed by atoms with Crippen LogP contribution in [-0.2, 0) is 21.2 Å². The molecule has 1 amide bonds. The molecule has 3 aromatic rings. The summed E-state index contributed by atoms with van der Waals surface area (Å²) in [6.45, 7) is 3.85. The first kappa shape index (κ1) is 23.8. The first-order chi connectivity index (χ1) is 15.2. The molecule has 0 saturated heterocycles. The van der Waals surface area contributed by atoms with Gasteiger partial charge in [-0.3, -0.25) is 4.79 Å². The van der Waals surface area contributed by atoms with Crippen molar-refractivity contribution in [1.29, 1.82) is 0 Å². The number of nitrogens with one attached hydrogen (secondary N) is 2. The molecule has 0 saturated carbocycles. The number of ether oxygens (including phenoxy) is 1. The summed E-state index contributed by atoms with van der Waals surface area (Å²) >= 11 is 6.11. The number of aryl methyl sites for hydroxylation is 1. The second kappa shape index (κ2) is 10.2. The molecule has 6 nitrogen and oxygen atoms in total. The summed E-state index contributed by atoms with van der Waals surface area (Å²) in [6.07, 6.45) is 0.181. The van der Waals surface area contributed by atoms with Gasteiger partial charge in [0, 0.05) is 5.69 Å². The lowest BCUT2D eigenvalue weighted by Crippen LogP contribution is -2.45. The van der Waals surface area contributed by atoms with Gasteiger partial charge in [0.1, 0.15) is 11.8 Å². The molecule has 168 valence electrons. The number of methoxy groups -OCH3 is 1. The fourth-order valence-corrected chi connectivity index (χ4v) is 4.76. The molecule has 0 aliphatic carbocycles. The first-order valence-corrected chi connectivity index (χ1v) is 11.8. The predicted molar refractivity (Wildman–Crippen MR) is 127 cm³/mol. The lowest BCUT2D eigenvalue weighted by Gasteiger charge is -2.20. The number of hydrogen-bond acceptors (Lipinski definition) is 4. The van der Waals surface area contributed by atoms with Gasteiger partial charge in [-0.05, 0) is 61.2 Å². The van der Waals surface area contributed by atoms with E-state index in [0.717, 1.165) is 16.7 Å². The third-order valence-electron chi connectivity index (χ3n) is 5.19. The maximum absolute atomic E-state index is 13.2. The molecule has 0 unspecified atom stereocenters. The van der Waals surface area contributed by atoms with Gasteiger partial charge in [0.05, 0.1) is 17.0 Å². The van der Waals surface area contributed by atoms with Gasteiger partial charge in [-0.1, -0.05) is 54.1 Å². The third kappa shape index (κ3) is 5.68. The van der Waals surface area contributed by atoms with Crippen LogP contribution in [0.3, 0.4) is 0 Å². The Kier molecular flexibility index (Phi) is 7.56. The first-order valence-electron chi connectivity index (χ1n) is 9.98. The van der Waals surface area contributed by atoms with Crippen LogP contribution < -0.4 is 14.8 Å². The van der Waals surface area contributed by atoms with Crippen molar-refractivity contribution in [3.8, 4) is 5.75 Å². The van der Waals surface area contributed by atoms with Gasteiger partial charge in [0.25, 0.3) is 0 Å². The highest BCUT2D eigenvalue weighted by molar-refractivity contribution is 7.89. The summed E-state index contributed by atoms with van der Waals surface area (Å²) in [5.74, 6) is -0.0927. The van der Waals surface area contributed by atoms with Gasteiger partial charge in [0.2, 0.25) is 15.9 Å². The van der Waals surface area contributed by atoms with E-state index in [1.165, 1.54) is 25.3 Å². The quantitative estimate of drug-likeness (QED) is 0.505. The van der Waals surface area contributed by atoms with E-state index < -0.39 is 22.0 Å². The van der Waals surface area contributed by atoms with Crippen molar-refractivity contribution in [3.05, 3.63) is 88.4 Å². The second-order valence-electron chi connectivity index (χ2n) is 7.40. The molecule has 0 heterocycles. The molecule has 0 aromatic heterocycles. The zero-order valence-electron chi connectivity index (χ0n) is 18.1. The SMILES string of the molecule is COc1ccc(S(=O)(=O)N[C@@H](Cc2ccccc2)C(=O)Nc2cccc(C)c2C)cc1Cl. The number of hydrogen-bond donors (Lipinski definition) is 2. The average Bonchev–Trinajstić information content (AvgIpc) is 2.77. The van der Waals surface area contributed by atoms with Crippen LogP contribution in [0, 0.1) is 13.8 Å². The van der Waals surface area contributed by atoms with Gasteiger partial charge in [-0.25, -0.2) is 8.42 Å². The van der Waals surface area contributed by atoms with Crippen molar-refractivity contribution in [1.82, 2.24) is 4.72 Å². The van der Waals surface area contributed by atoms with E-state index in [-0.39, 0.29) is 16.3 Å². The molecular formula is C24H25ClN2O4S. The van der Waals surface area contributed by atoms with E-state index >= 15 is 0 Å². The average molecular weight is 473 g/mol. The van der Waals surface area contributed by atoms with E-state index in [4.69, 9.17) is 16.3 Å². The summed E-state index contributed by atoms with van der Waals surface area (Å²) in [7, 11) is -2.59. The fourth-order valence-electron chi connectivity index (χ4n) is 3.21. The zero-order valence-corrected chi connectivity index (χ0v) is 19.6. The fraction of sp³-hybridized carbons (Fsp3) is 0.208. The molecule has 0 bridgehead atoms. The molecule has 8 heteroatoms. The summed E-state index contributed by atoms with van der Waals surface area (Å²) in [5.41, 5.74) is 3.41. The van der Waals surface area contributed by atoms with Crippen LogP contribution in [0.5, 0.6) is 5.75 Å². The molecule has 0 radical (unpaired) electrons. The van der Waals surface area contributed by atoms with E-state index in [1.54, 1.807) is 6.07 Å². The topological polar surface area (TPSA) is 84.5 Å². The molecule has 0 aliphatic heterocycles. The normalized spacial score (nSPS) is 12.2. The Bertz CT molecular complexity index is 1210. The van der Waals surface area contributed by atoms with Crippen molar-refractivity contribution in [2.24, 2.45) is 0 Å². The molecule has 3 rings (SSSR count). The van der Waals surface area contributed by atoms with Crippen molar-refractivity contribution in [2.75, 3.05) is 12.4 Å². The van der Waals surface area contributed by atoms with Crippen molar-refractivity contribution >= 4 is 33.2 Å². The Morgan fingerprint density at radius 1 is 1.03 bits per heavy atom. The highest BCUT2D eigenvalue weighted by Crippen LogP contribution is 2.27. The smallest absolute Gasteiger partial charge is 0.242 e. The number of anilines is 1. The third-order valence-corrected chi connectivity index (χ3v) is 6.96. The van der Waals surface area contributed by atoms with E-state index in [9.17, 15) is 13.2 Å². The molecule has 3 aromatic carbocycles. The molecular weight excluding hydrogens is 448 g/mol. The largest absolute Gasteiger partial charge is 0.495 e. The Morgan fingerprint density at radius 2 is 1.75 bits per heavy atom. The van der Waals surface area contributed by atoms with Crippen LogP contribution in [0.2, 0.25) is 5.02 Å². The number of carbonyl (C=O) groups is 1. The van der Waals surface area contributed by atoms with Crippen LogP contribution in [0.1, 0.15) is 16.7 Å². The van der Waals surface area contributed by atoms with Crippen molar-refractivity contribution in [2.45, 2.75) is 31.2 Å². The minimum Gasteiger partial charge on any atom is -0.495 e. The number of sulfonamides is 1. The number of rotatable bonds is 8. The van der Waals surface area contributed by atoms with Crippen molar-refractivity contribution in [3.63, 3.8) is 0 Å². The molecule has 0 spiro atoms. The summed E-state index contributed by atoms with van der Waals surface area (Å²) in [5, 5.41) is 3.02. The lowest BCUT2D eigenvalue weighted by molar-refractivity contribution is -0.117. The number of carbonyl (C=O) groups excluding carboxylic acids is 1. The van der Waals surface area contributed by atoms with Gasteiger partial charge in [0.15, 0.2) is 0 Å². The summed E-state index contributed by atoms with van der Waals surface area (Å²) in [4.78, 5) is 13.1. The lowest BCUT2D eigenvalue weighted by atomic mass is 10.0. The van der Waals surface area contributed by atoms with Gasteiger partial charge < -0.3 is 10.1 Å². The maximum atomic E-state index is 13.2.